The number of aryl methyl sites for hydroxylation is 1. The lowest BCUT2D eigenvalue weighted by atomic mass is 10.3. The summed E-state index contributed by atoms with van der Waals surface area (Å²) in [7, 11) is 3.77. The van der Waals surface area contributed by atoms with Crippen LogP contribution >= 0.6 is 0 Å². The van der Waals surface area contributed by atoms with Crippen LogP contribution in [0, 0.1) is 6.92 Å². The van der Waals surface area contributed by atoms with E-state index in [1.54, 1.807) is 7.11 Å². The molecule has 0 radical (unpaired) electrons. The third kappa shape index (κ3) is 3.71. The molecule has 2 N–H and O–H groups in total. The van der Waals surface area contributed by atoms with Crippen LogP contribution in [0.5, 0.6) is 0 Å². The maximum Gasteiger partial charge on any atom is 0.205 e. The van der Waals surface area contributed by atoms with Gasteiger partial charge in [-0.15, -0.1) is 0 Å². The second-order valence-electron chi connectivity index (χ2n) is 4.46. The number of methoxy groups -OCH3 is 1. The van der Waals surface area contributed by atoms with Crippen molar-refractivity contribution in [3.05, 3.63) is 11.9 Å². The molecule has 0 aliphatic carbocycles. The zero-order chi connectivity index (χ0) is 12.8. The van der Waals surface area contributed by atoms with Crippen LogP contribution in [0.3, 0.4) is 0 Å². The molecule has 1 aromatic heterocycles. The van der Waals surface area contributed by atoms with Gasteiger partial charge in [-0.2, -0.15) is 0 Å². The summed E-state index contributed by atoms with van der Waals surface area (Å²) in [5.41, 5.74) is 6.56. The fourth-order valence-corrected chi connectivity index (χ4v) is 1.86. The molecule has 0 spiro atoms. The third-order valence-electron chi connectivity index (χ3n) is 2.76. The van der Waals surface area contributed by atoms with E-state index < -0.39 is 0 Å². The Morgan fingerprint density at radius 2 is 2.29 bits per heavy atom. The minimum absolute atomic E-state index is 0.288. The molecule has 0 saturated carbocycles. The Hall–Kier alpha value is -1.07. The number of hydrogen-bond acceptors (Lipinski definition) is 4. The maximum absolute atomic E-state index is 5.53. The van der Waals surface area contributed by atoms with Gasteiger partial charge in [-0.25, -0.2) is 4.98 Å². The van der Waals surface area contributed by atoms with Gasteiger partial charge in [0.05, 0.1) is 18.3 Å². The normalized spacial score (nSPS) is 12.8. The van der Waals surface area contributed by atoms with Crippen LogP contribution in [-0.4, -0.2) is 43.4 Å². The van der Waals surface area contributed by atoms with Crippen molar-refractivity contribution in [2.45, 2.75) is 26.3 Å². The highest BCUT2D eigenvalue weighted by molar-refractivity contribution is 5.32. The van der Waals surface area contributed by atoms with E-state index in [4.69, 9.17) is 10.5 Å². The topological polar surface area (TPSA) is 56.3 Å². The zero-order valence-corrected chi connectivity index (χ0v) is 11.3. The summed E-state index contributed by atoms with van der Waals surface area (Å²) in [6, 6.07) is 0.288. The molecule has 0 aliphatic rings. The third-order valence-corrected chi connectivity index (χ3v) is 2.76. The number of nitrogens with two attached hydrogens (primary N) is 1. The van der Waals surface area contributed by atoms with Crippen molar-refractivity contribution in [1.29, 1.82) is 0 Å². The summed E-state index contributed by atoms with van der Waals surface area (Å²) in [5.74, 6) is 0.987. The smallest absolute Gasteiger partial charge is 0.205 e. The Bertz CT molecular complexity index is 337. The number of aromatic nitrogens is 2. The number of anilines is 1. The van der Waals surface area contributed by atoms with Crippen molar-refractivity contribution in [3.63, 3.8) is 0 Å². The molecule has 5 heteroatoms. The van der Waals surface area contributed by atoms with Crippen molar-refractivity contribution in [3.8, 4) is 0 Å². The van der Waals surface area contributed by atoms with Crippen LogP contribution in [0.15, 0.2) is 6.20 Å². The SMILES string of the molecule is COCC(C)n1cc(C)nc1N(C)CCCN. The first kappa shape index (κ1) is 14.0. The fraction of sp³-hybridized carbons (Fsp3) is 0.750. The fourth-order valence-electron chi connectivity index (χ4n) is 1.86. The van der Waals surface area contributed by atoms with Crippen molar-refractivity contribution < 1.29 is 4.74 Å². The molecule has 0 aliphatic heterocycles. The zero-order valence-electron chi connectivity index (χ0n) is 11.3. The van der Waals surface area contributed by atoms with Crippen LogP contribution in [-0.2, 0) is 4.74 Å². The first-order valence-corrected chi connectivity index (χ1v) is 6.05. The molecule has 0 saturated heterocycles. The van der Waals surface area contributed by atoms with Gasteiger partial charge in [0, 0.05) is 26.9 Å². The molecule has 0 aromatic carbocycles. The second kappa shape index (κ2) is 6.61. The summed E-state index contributed by atoms with van der Waals surface area (Å²) < 4.78 is 7.36. The lowest BCUT2D eigenvalue weighted by Gasteiger charge is -2.22. The number of rotatable bonds is 7. The van der Waals surface area contributed by atoms with E-state index >= 15 is 0 Å². The van der Waals surface area contributed by atoms with E-state index in [9.17, 15) is 0 Å². The molecule has 1 atom stereocenters. The number of nitrogens with zero attached hydrogens (tertiary/aromatic N) is 3. The molecule has 1 aromatic rings. The average molecular weight is 240 g/mol. The van der Waals surface area contributed by atoms with E-state index in [0.717, 1.165) is 24.6 Å². The lowest BCUT2D eigenvalue weighted by molar-refractivity contribution is 0.162. The molecule has 1 heterocycles. The van der Waals surface area contributed by atoms with E-state index in [1.807, 2.05) is 14.0 Å². The molecule has 1 rings (SSSR count). The molecule has 1 unspecified atom stereocenters. The largest absolute Gasteiger partial charge is 0.383 e. The Kier molecular flexibility index (Phi) is 5.44. The standard InChI is InChI=1S/C12H24N4O/c1-10-8-16(11(2)9-17-4)12(14-10)15(3)7-5-6-13/h8,11H,5-7,9,13H2,1-4H3. The van der Waals surface area contributed by atoms with Gasteiger partial charge in [0.1, 0.15) is 0 Å². The molecule has 0 bridgehead atoms. The highest BCUT2D eigenvalue weighted by Gasteiger charge is 2.14. The monoisotopic (exact) mass is 240 g/mol. The molecular weight excluding hydrogens is 216 g/mol. The Morgan fingerprint density at radius 3 is 2.88 bits per heavy atom. The van der Waals surface area contributed by atoms with Crippen LogP contribution in [0.25, 0.3) is 0 Å². The minimum atomic E-state index is 0.288. The van der Waals surface area contributed by atoms with Crippen molar-refractivity contribution in [1.82, 2.24) is 9.55 Å². The lowest BCUT2D eigenvalue weighted by Crippen LogP contribution is -2.26. The first-order valence-electron chi connectivity index (χ1n) is 6.05. The van der Waals surface area contributed by atoms with Crippen LogP contribution in [0.1, 0.15) is 25.1 Å². The van der Waals surface area contributed by atoms with E-state index in [0.29, 0.717) is 13.2 Å². The highest BCUT2D eigenvalue weighted by atomic mass is 16.5. The molecule has 5 nitrogen and oxygen atoms in total. The van der Waals surface area contributed by atoms with Gasteiger partial charge in [0.15, 0.2) is 0 Å². The quantitative estimate of drug-likeness (QED) is 0.777. The minimum Gasteiger partial charge on any atom is -0.383 e. The Labute approximate surface area is 104 Å². The summed E-state index contributed by atoms with van der Waals surface area (Å²) in [4.78, 5) is 6.70. The van der Waals surface area contributed by atoms with E-state index in [1.165, 1.54) is 0 Å². The predicted octanol–water partition coefficient (Wildman–Crippen LogP) is 1.18. The van der Waals surface area contributed by atoms with Gasteiger partial charge in [-0.3, -0.25) is 0 Å². The summed E-state index contributed by atoms with van der Waals surface area (Å²) in [5, 5.41) is 0. The predicted molar refractivity (Wildman–Crippen MR) is 70.5 cm³/mol. The molecular formula is C12H24N4O. The van der Waals surface area contributed by atoms with Crippen molar-refractivity contribution in [2.24, 2.45) is 5.73 Å². The van der Waals surface area contributed by atoms with Crippen molar-refractivity contribution >= 4 is 5.95 Å². The van der Waals surface area contributed by atoms with Crippen LogP contribution < -0.4 is 10.6 Å². The average Bonchev–Trinajstić information content (AvgIpc) is 2.68. The number of ether oxygens (including phenoxy) is 1. The summed E-state index contributed by atoms with van der Waals surface area (Å²) in [6.07, 6.45) is 3.04. The summed E-state index contributed by atoms with van der Waals surface area (Å²) in [6.45, 7) is 6.46. The Balaban J connectivity index is 2.82. The van der Waals surface area contributed by atoms with Gasteiger partial charge < -0.3 is 19.9 Å². The van der Waals surface area contributed by atoms with E-state index in [2.05, 4.69) is 27.6 Å². The van der Waals surface area contributed by atoms with Gasteiger partial charge >= 0.3 is 0 Å². The first-order chi connectivity index (χ1) is 8.10. The molecule has 0 amide bonds. The highest BCUT2D eigenvalue weighted by Crippen LogP contribution is 2.19. The van der Waals surface area contributed by atoms with Crippen molar-refractivity contribution in [2.75, 3.05) is 38.8 Å². The summed E-state index contributed by atoms with van der Waals surface area (Å²) >= 11 is 0. The number of hydrogen-bond donors (Lipinski definition) is 1. The van der Waals surface area contributed by atoms with Crippen LogP contribution in [0.4, 0.5) is 5.95 Å². The molecule has 17 heavy (non-hydrogen) atoms. The van der Waals surface area contributed by atoms with Gasteiger partial charge in [0.25, 0.3) is 0 Å². The van der Waals surface area contributed by atoms with E-state index in [-0.39, 0.29) is 6.04 Å². The van der Waals surface area contributed by atoms with Gasteiger partial charge in [0.2, 0.25) is 5.95 Å². The maximum atomic E-state index is 5.53. The molecule has 0 fully saturated rings. The number of imidazole rings is 1. The van der Waals surface area contributed by atoms with Gasteiger partial charge in [-0.05, 0) is 26.8 Å². The van der Waals surface area contributed by atoms with Crippen LogP contribution in [0.2, 0.25) is 0 Å². The van der Waals surface area contributed by atoms with Gasteiger partial charge in [-0.1, -0.05) is 0 Å². The molecule has 98 valence electrons. The Morgan fingerprint density at radius 1 is 1.59 bits per heavy atom. The second-order valence-corrected chi connectivity index (χ2v) is 4.46.